The molecular formula is C21H24N2O3. The molecule has 5 nitrogen and oxygen atoms in total. The van der Waals surface area contributed by atoms with Crippen LogP contribution >= 0.6 is 0 Å². The largest absolute Gasteiger partial charge is 0.481 e. The van der Waals surface area contributed by atoms with Crippen molar-refractivity contribution in [2.75, 3.05) is 19.6 Å². The summed E-state index contributed by atoms with van der Waals surface area (Å²) in [6.45, 7) is 1.86. The van der Waals surface area contributed by atoms with Gasteiger partial charge in [0.1, 0.15) is 0 Å². The number of amides is 1. The van der Waals surface area contributed by atoms with Crippen LogP contribution in [0.5, 0.6) is 0 Å². The first kappa shape index (κ1) is 18.1. The number of carbonyl (C=O) groups excluding carboxylic acids is 1. The number of hydrogen-bond donors (Lipinski definition) is 2. The van der Waals surface area contributed by atoms with Gasteiger partial charge in [0.05, 0.1) is 12.0 Å². The topological polar surface area (TPSA) is 69.6 Å². The molecule has 0 saturated carbocycles. The Morgan fingerprint density at radius 1 is 1.04 bits per heavy atom. The van der Waals surface area contributed by atoms with Crippen LogP contribution in [-0.4, -0.2) is 41.5 Å². The summed E-state index contributed by atoms with van der Waals surface area (Å²) in [7, 11) is 0. The van der Waals surface area contributed by atoms with Gasteiger partial charge in [0, 0.05) is 19.5 Å². The average molecular weight is 352 g/mol. The summed E-state index contributed by atoms with van der Waals surface area (Å²) in [4.78, 5) is 25.6. The lowest BCUT2D eigenvalue weighted by Crippen LogP contribution is -2.33. The van der Waals surface area contributed by atoms with Gasteiger partial charge in [-0.3, -0.25) is 9.59 Å². The van der Waals surface area contributed by atoms with E-state index >= 15 is 0 Å². The summed E-state index contributed by atoms with van der Waals surface area (Å²) in [6.07, 6.45) is 1.02. The van der Waals surface area contributed by atoms with Crippen molar-refractivity contribution in [1.82, 2.24) is 10.2 Å². The van der Waals surface area contributed by atoms with Crippen molar-refractivity contribution in [2.24, 2.45) is 5.92 Å². The Kier molecular flexibility index (Phi) is 6.02. The summed E-state index contributed by atoms with van der Waals surface area (Å²) >= 11 is 0. The van der Waals surface area contributed by atoms with E-state index in [-0.39, 0.29) is 17.9 Å². The molecule has 0 spiro atoms. The van der Waals surface area contributed by atoms with Gasteiger partial charge in [0.15, 0.2) is 0 Å². The second kappa shape index (κ2) is 8.63. The van der Waals surface area contributed by atoms with Gasteiger partial charge in [0.25, 0.3) is 0 Å². The summed E-state index contributed by atoms with van der Waals surface area (Å²) in [5.74, 6) is -1.08. The van der Waals surface area contributed by atoms with Gasteiger partial charge in [-0.05, 0) is 24.1 Å². The van der Waals surface area contributed by atoms with E-state index in [1.54, 1.807) is 0 Å². The van der Waals surface area contributed by atoms with E-state index in [0.29, 0.717) is 25.9 Å². The number of nitrogens with one attached hydrogen (secondary N) is 1. The Labute approximate surface area is 153 Å². The Hall–Kier alpha value is -2.66. The van der Waals surface area contributed by atoms with Crippen LogP contribution in [0.15, 0.2) is 60.7 Å². The van der Waals surface area contributed by atoms with E-state index in [4.69, 9.17) is 5.11 Å². The van der Waals surface area contributed by atoms with Crippen molar-refractivity contribution < 1.29 is 14.7 Å². The van der Waals surface area contributed by atoms with Crippen molar-refractivity contribution in [3.63, 3.8) is 0 Å². The second-order valence-corrected chi connectivity index (χ2v) is 6.70. The molecule has 0 aliphatic carbocycles. The van der Waals surface area contributed by atoms with Crippen LogP contribution in [0, 0.1) is 5.92 Å². The van der Waals surface area contributed by atoms with Crippen LogP contribution in [0.4, 0.5) is 0 Å². The molecule has 1 unspecified atom stereocenters. The van der Waals surface area contributed by atoms with Crippen LogP contribution in [0.25, 0.3) is 0 Å². The van der Waals surface area contributed by atoms with E-state index in [9.17, 15) is 9.59 Å². The first-order chi connectivity index (χ1) is 12.6. The number of benzene rings is 2. The van der Waals surface area contributed by atoms with Gasteiger partial charge in [-0.2, -0.15) is 0 Å². The highest BCUT2D eigenvalue weighted by Gasteiger charge is 2.28. The molecule has 2 aromatic rings. The fourth-order valence-electron chi connectivity index (χ4n) is 3.38. The lowest BCUT2D eigenvalue weighted by atomic mass is 9.98. The number of carbonyl (C=O) groups is 2. The molecule has 1 amide bonds. The molecule has 1 heterocycles. The Bertz CT molecular complexity index is 694. The maximum Gasteiger partial charge on any atom is 0.307 e. The molecule has 2 N–H and O–H groups in total. The van der Waals surface area contributed by atoms with Crippen molar-refractivity contribution >= 4 is 11.9 Å². The molecule has 26 heavy (non-hydrogen) atoms. The van der Waals surface area contributed by atoms with Crippen LogP contribution in [0.1, 0.15) is 30.0 Å². The monoisotopic (exact) mass is 352 g/mol. The minimum atomic E-state index is -0.745. The molecule has 1 saturated heterocycles. The SMILES string of the molecule is O=C(CCN1CCC(C(=O)O)C1)NC(c1ccccc1)c1ccccc1. The zero-order valence-corrected chi connectivity index (χ0v) is 14.7. The van der Waals surface area contributed by atoms with Gasteiger partial charge in [0.2, 0.25) is 5.91 Å². The van der Waals surface area contributed by atoms with E-state index in [2.05, 4.69) is 10.2 Å². The third-order valence-electron chi connectivity index (χ3n) is 4.85. The third kappa shape index (κ3) is 4.70. The number of carboxylic acid groups (broad SMARTS) is 1. The van der Waals surface area contributed by atoms with Crippen LogP contribution in [0.3, 0.4) is 0 Å². The minimum absolute atomic E-state index is 0.0264. The van der Waals surface area contributed by atoms with Gasteiger partial charge < -0.3 is 15.3 Å². The number of aliphatic carboxylic acids is 1. The van der Waals surface area contributed by atoms with Crippen LogP contribution in [-0.2, 0) is 9.59 Å². The molecule has 0 aromatic heterocycles. The molecule has 1 aliphatic rings. The van der Waals surface area contributed by atoms with E-state index in [1.165, 1.54) is 0 Å². The van der Waals surface area contributed by atoms with Crippen LogP contribution in [0.2, 0.25) is 0 Å². The summed E-state index contributed by atoms with van der Waals surface area (Å²) in [5.41, 5.74) is 2.08. The number of nitrogens with zero attached hydrogens (tertiary/aromatic N) is 1. The molecule has 1 fully saturated rings. The zero-order chi connectivity index (χ0) is 18.4. The molecule has 1 atom stereocenters. The summed E-state index contributed by atoms with van der Waals surface area (Å²) < 4.78 is 0. The predicted octanol–water partition coefficient (Wildman–Crippen LogP) is 2.69. The predicted molar refractivity (Wildman–Crippen MR) is 99.7 cm³/mol. The van der Waals surface area contributed by atoms with Gasteiger partial charge in [-0.25, -0.2) is 0 Å². The molecule has 136 valence electrons. The quantitative estimate of drug-likeness (QED) is 0.804. The summed E-state index contributed by atoms with van der Waals surface area (Å²) in [5, 5.41) is 12.2. The maximum atomic E-state index is 12.5. The zero-order valence-electron chi connectivity index (χ0n) is 14.7. The highest BCUT2D eigenvalue weighted by Crippen LogP contribution is 2.22. The Balaban J connectivity index is 1.60. The van der Waals surface area contributed by atoms with Crippen molar-refractivity contribution in [2.45, 2.75) is 18.9 Å². The Morgan fingerprint density at radius 2 is 1.62 bits per heavy atom. The van der Waals surface area contributed by atoms with E-state index in [1.807, 2.05) is 60.7 Å². The number of likely N-dealkylation sites (tertiary alicyclic amines) is 1. The first-order valence-corrected chi connectivity index (χ1v) is 8.98. The second-order valence-electron chi connectivity index (χ2n) is 6.70. The smallest absolute Gasteiger partial charge is 0.307 e. The fraction of sp³-hybridized carbons (Fsp3) is 0.333. The lowest BCUT2D eigenvalue weighted by molar-refractivity contribution is -0.141. The highest BCUT2D eigenvalue weighted by atomic mass is 16.4. The number of carboxylic acids is 1. The van der Waals surface area contributed by atoms with Crippen molar-refractivity contribution in [3.05, 3.63) is 71.8 Å². The number of rotatable bonds is 7. The first-order valence-electron chi connectivity index (χ1n) is 8.98. The third-order valence-corrected chi connectivity index (χ3v) is 4.85. The normalized spacial score (nSPS) is 17.3. The molecular weight excluding hydrogens is 328 g/mol. The standard InChI is InChI=1S/C21H24N2O3/c24-19(12-14-23-13-11-18(15-23)21(25)26)22-20(16-7-3-1-4-8-16)17-9-5-2-6-10-17/h1-10,18,20H,11-15H2,(H,22,24)(H,25,26). The minimum Gasteiger partial charge on any atom is -0.481 e. The van der Waals surface area contributed by atoms with Crippen molar-refractivity contribution in [3.8, 4) is 0 Å². The van der Waals surface area contributed by atoms with Crippen LogP contribution < -0.4 is 5.32 Å². The molecule has 0 radical (unpaired) electrons. The van der Waals surface area contributed by atoms with Gasteiger partial charge >= 0.3 is 5.97 Å². The number of hydrogen-bond acceptors (Lipinski definition) is 3. The molecule has 3 rings (SSSR count). The molecule has 1 aliphatic heterocycles. The van der Waals surface area contributed by atoms with Crippen molar-refractivity contribution in [1.29, 1.82) is 0 Å². The summed E-state index contributed by atoms with van der Waals surface area (Å²) in [6, 6.07) is 19.6. The fourth-order valence-corrected chi connectivity index (χ4v) is 3.38. The molecule has 5 heteroatoms. The molecule has 2 aromatic carbocycles. The van der Waals surface area contributed by atoms with E-state index < -0.39 is 5.97 Å². The molecule has 0 bridgehead atoms. The highest BCUT2D eigenvalue weighted by molar-refractivity contribution is 5.77. The lowest BCUT2D eigenvalue weighted by Gasteiger charge is -2.21. The maximum absolute atomic E-state index is 12.5. The Morgan fingerprint density at radius 3 is 2.12 bits per heavy atom. The van der Waals surface area contributed by atoms with Gasteiger partial charge in [-0.1, -0.05) is 60.7 Å². The average Bonchev–Trinajstić information content (AvgIpc) is 3.15. The van der Waals surface area contributed by atoms with Gasteiger partial charge in [-0.15, -0.1) is 0 Å². The van der Waals surface area contributed by atoms with E-state index in [0.717, 1.165) is 17.7 Å².